The molecule has 2 heterocycles. The molecule has 5 rings (SSSR count). The second-order valence-electron chi connectivity index (χ2n) is 10.5. The third kappa shape index (κ3) is 5.96. The van der Waals surface area contributed by atoms with Gasteiger partial charge in [0.25, 0.3) is 0 Å². The first-order valence-corrected chi connectivity index (χ1v) is 13.9. The van der Waals surface area contributed by atoms with Gasteiger partial charge in [0.15, 0.2) is 0 Å². The van der Waals surface area contributed by atoms with Crippen LogP contribution < -0.4 is 15.5 Å². The molecule has 2 unspecified atom stereocenters. The summed E-state index contributed by atoms with van der Waals surface area (Å²) in [7, 11) is 0. The lowest BCUT2D eigenvalue weighted by molar-refractivity contribution is -0.141. The summed E-state index contributed by atoms with van der Waals surface area (Å²) in [5.41, 5.74) is 8.58. The maximum Gasteiger partial charge on any atom is 0.325 e. The molecule has 0 radical (unpaired) electrons. The molecule has 2 N–H and O–H groups in total. The average molecular weight is 553 g/mol. The number of ether oxygens (including phenoxy) is 1. The van der Waals surface area contributed by atoms with E-state index < -0.39 is 0 Å². The van der Waals surface area contributed by atoms with Crippen molar-refractivity contribution in [2.75, 3.05) is 23.4 Å². The standard InChI is InChI=1S/C33H36N4O4/c1-6-40-30(39)19-37-28-15-13-24(17-27(28)34-33(37)31-22(4)36-41-23(31)5)18-29(38)35-32(25-10-8-7-9-11-25)26-14-12-20(2)16-21(26)3/h7-17,32-34H,6,18-19H2,1-5H3,(H,35,38). The monoisotopic (exact) mass is 552 g/mol. The van der Waals surface area contributed by atoms with Crippen molar-refractivity contribution in [3.05, 3.63) is 112 Å². The number of aromatic nitrogens is 1. The molecule has 212 valence electrons. The first-order valence-electron chi connectivity index (χ1n) is 13.9. The molecule has 0 fully saturated rings. The highest BCUT2D eigenvalue weighted by atomic mass is 16.5. The number of anilines is 2. The van der Waals surface area contributed by atoms with Gasteiger partial charge in [0, 0.05) is 0 Å². The van der Waals surface area contributed by atoms with E-state index in [1.165, 1.54) is 5.56 Å². The van der Waals surface area contributed by atoms with Gasteiger partial charge in [0.2, 0.25) is 5.91 Å². The van der Waals surface area contributed by atoms with Crippen molar-refractivity contribution in [1.82, 2.24) is 10.5 Å². The third-order valence-electron chi connectivity index (χ3n) is 7.48. The van der Waals surface area contributed by atoms with Crippen LogP contribution in [0.15, 0.2) is 71.3 Å². The van der Waals surface area contributed by atoms with Crippen molar-refractivity contribution < 1.29 is 18.8 Å². The first-order chi connectivity index (χ1) is 19.7. The smallest absolute Gasteiger partial charge is 0.325 e. The molecule has 3 aromatic carbocycles. The summed E-state index contributed by atoms with van der Waals surface area (Å²) in [6, 6.07) is 21.9. The number of rotatable bonds is 9. The summed E-state index contributed by atoms with van der Waals surface area (Å²) in [6.07, 6.45) is -0.145. The van der Waals surface area contributed by atoms with Crippen LogP contribution in [0.5, 0.6) is 0 Å². The fraction of sp³-hybridized carbons (Fsp3) is 0.303. The van der Waals surface area contributed by atoms with Crippen molar-refractivity contribution in [3.63, 3.8) is 0 Å². The Kier molecular flexibility index (Phi) is 8.10. The number of carbonyl (C=O) groups excluding carboxylic acids is 2. The molecular formula is C33H36N4O4. The Bertz CT molecular complexity index is 1540. The Morgan fingerprint density at radius 3 is 2.51 bits per heavy atom. The lowest BCUT2D eigenvalue weighted by Gasteiger charge is -2.25. The number of nitrogens with one attached hydrogen (secondary N) is 2. The van der Waals surface area contributed by atoms with Gasteiger partial charge in [-0.15, -0.1) is 0 Å². The number of aryl methyl sites for hydroxylation is 4. The predicted molar refractivity (Wildman–Crippen MR) is 159 cm³/mol. The van der Waals surface area contributed by atoms with Crippen LogP contribution in [0.1, 0.15) is 64.0 Å². The Labute approximate surface area is 240 Å². The number of fused-ring (bicyclic) bond motifs is 1. The molecule has 1 amide bonds. The van der Waals surface area contributed by atoms with Gasteiger partial charge >= 0.3 is 5.97 Å². The number of esters is 1. The summed E-state index contributed by atoms with van der Waals surface area (Å²) < 4.78 is 10.7. The Morgan fingerprint density at radius 1 is 1.05 bits per heavy atom. The first kappa shape index (κ1) is 28.0. The van der Waals surface area contributed by atoms with Gasteiger partial charge in [-0.05, 0) is 69.0 Å². The SMILES string of the molecule is CCOC(=O)CN1c2ccc(CC(=O)NC(c3ccccc3)c3ccc(C)cc3C)cc2NC1c1c(C)noc1C. The summed E-state index contributed by atoms with van der Waals surface area (Å²) in [6.45, 7) is 10.1. The maximum absolute atomic E-state index is 13.4. The number of hydrogen-bond acceptors (Lipinski definition) is 7. The van der Waals surface area contributed by atoms with Crippen LogP contribution in [0, 0.1) is 27.7 Å². The topological polar surface area (TPSA) is 96.7 Å². The van der Waals surface area contributed by atoms with Gasteiger partial charge < -0.3 is 24.8 Å². The normalized spacial score (nSPS) is 14.8. The van der Waals surface area contributed by atoms with Crippen LogP contribution in [-0.2, 0) is 20.7 Å². The largest absolute Gasteiger partial charge is 0.465 e. The van der Waals surface area contributed by atoms with E-state index in [2.05, 4.69) is 47.8 Å². The molecule has 8 heteroatoms. The van der Waals surface area contributed by atoms with Crippen molar-refractivity contribution in [3.8, 4) is 0 Å². The minimum absolute atomic E-state index is 0.0665. The molecule has 1 aliphatic heterocycles. The molecule has 2 atom stereocenters. The molecule has 1 aromatic heterocycles. The minimum atomic E-state index is -0.350. The molecule has 0 aliphatic carbocycles. The zero-order valence-corrected chi connectivity index (χ0v) is 24.2. The summed E-state index contributed by atoms with van der Waals surface area (Å²) in [5.74, 6) is 0.280. The summed E-state index contributed by atoms with van der Waals surface area (Å²) in [4.78, 5) is 27.9. The Balaban J connectivity index is 1.39. The molecule has 0 bridgehead atoms. The summed E-state index contributed by atoms with van der Waals surface area (Å²) >= 11 is 0. The van der Waals surface area contributed by atoms with Gasteiger partial charge in [-0.25, -0.2) is 0 Å². The highest BCUT2D eigenvalue weighted by Gasteiger charge is 2.35. The van der Waals surface area contributed by atoms with Gasteiger partial charge in [-0.2, -0.15) is 0 Å². The predicted octanol–water partition coefficient (Wildman–Crippen LogP) is 5.85. The number of hydrogen-bond donors (Lipinski definition) is 2. The molecule has 41 heavy (non-hydrogen) atoms. The Hall–Kier alpha value is -4.59. The fourth-order valence-electron chi connectivity index (χ4n) is 5.59. The number of carbonyl (C=O) groups is 2. The summed E-state index contributed by atoms with van der Waals surface area (Å²) in [5, 5.41) is 10.9. The van der Waals surface area contributed by atoms with Gasteiger partial charge in [-0.3, -0.25) is 9.59 Å². The van der Waals surface area contributed by atoms with Gasteiger partial charge in [0.1, 0.15) is 18.5 Å². The third-order valence-corrected chi connectivity index (χ3v) is 7.48. The highest BCUT2D eigenvalue weighted by Crippen LogP contribution is 2.43. The number of amides is 1. The fourth-order valence-corrected chi connectivity index (χ4v) is 5.59. The molecule has 0 saturated heterocycles. The quantitative estimate of drug-likeness (QED) is 0.252. The van der Waals surface area contributed by atoms with Gasteiger partial charge in [0.05, 0.1) is 41.7 Å². The van der Waals surface area contributed by atoms with Crippen molar-refractivity contribution >= 4 is 23.3 Å². The van der Waals surface area contributed by atoms with E-state index >= 15 is 0 Å². The lowest BCUT2D eigenvalue weighted by Crippen LogP contribution is -2.34. The van der Waals surface area contributed by atoms with E-state index in [1.54, 1.807) is 6.92 Å². The van der Waals surface area contributed by atoms with Crippen molar-refractivity contribution in [2.24, 2.45) is 0 Å². The van der Waals surface area contributed by atoms with Crippen LogP contribution in [0.2, 0.25) is 0 Å². The van der Waals surface area contributed by atoms with Crippen LogP contribution in [0.25, 0.3) is 0 Å². The molecular weight excluding hydrogens is 516 g/mol. The van der Waals surface area contributed by atoms with Gasteiger partial charge in [-0.1, -0.05) is 65.3 Å². The second-order valence-corrected chi connectivity index (χ2v) is 10.5. The second kappa shape index (κ2) is 11.9. The molecule has 4 aromatic rings. The Morgan fingerprint density at radius 2 is 1.83 bits per heavy atom. The molecule has 1 aliphatic rings. The molecule has 8 nitrogen and oxygen atoms in total. The molecule has 0 saturated carbocycles. The van der Waals surface area contributed by atoms with E-state index in [0.717, 1.165) is 44.9 Å². The van der Waals surface area contributed by atoms with E-state index in [0.29, 0.717) is 12.4 Å². The van der Waals surface area contributed by atoms with Crippen molar-refractivity contribution in [1.29, 1.82) is 0 Å². The zero-order valence-electron chi connectivity index (χ0n) is 24.2. The minimum Gasteiger partial charge on any atom is -0.465 e. The number of benzene rings is 3. The average Bonchev–Trinajstić information content (AvgIpc) is 3.45. The molecule has 0 spiro atoms. The van der Waals surface area contributed by atoms with Crippen LogP contribution in [0.3, 0.4) is 0 Å². The lowest BCUT2D eigenvalue weighted by atomic mass is 9.93. The highest BCUT2D eigenvalue weighted by molar-refractivity contribution is 5.85. The number of nitrogens with zero attached hydrogens (tertiary/aromatic N) is 2. The van der Waals surface area contributed by atoms with E-state index in [1.807, 2.05) is 67.3 Å². The van der Waals surface area contributed by atoms with Crippen LogP contribution in [-0.4, -0.2) is 30.2 Å². The van der Waals surface area contributed by atoms with E-state index in [4.69, 9.17) is 9.26 Å². The van der Waals surface area contributed by atoms with E-state index in [9.17, 15) is 9.59 Å². The maximum atomic E-state index is 13.4. The van der Waals surface area contributed by atoms with Crippen molar-refractivity contribution in [2.45, 2.75) is 53.2 Å². The van der Waals surface area contributed by atoms with Crippen LogP contribution >= 0.6 is 0 Å². The van der Waals surface area contributed by atoms with E-state index in [-0.39, 0.29) is 37.0 Å². The zero-order chi connectivity index (χ0) is 29.1. The van der Waals surface area contributed by atoms with Crippen LogP contribution in [0.4, 0.5) is 11.4 Å².